The van der Waals surface area contributed by atoms with Crippen LogP contribution in [0.25, 0.3) is 0 Å². The second-order valence-corrected chi connectivity index (χ2v) is 3.16. The molecule has 0 saturated carbocycles. The standard InChI is InChI=1S/C11H14N2O3/c1-9(14)13(12(2)11(15)16-3)10-7-5-4-6-8-10/h4-8H,1-3H3. The van der Waals surface area contributed by atoms with E-state index in [1.54, 1.807) is 24.3 Å². The number of para-hydroxylation sites is 1. The van der Waals surface area contributed by atoms with Gasteiger partial charge in [-0.3, -0.25) is 4.79 Å². The van der Waals surface area contributed by atoms with Crippen LogP contribution in [0.15, 0.2) is 30.3 Å². The first kappa shape index (κ1) is 12.0. The number of amides is 2. The maximum Gasteiger partial charge on any atom is 0.428 e. The highest BCUT2D eigenvalue weighted by Gasteiger charge is 2.21. The van der Waals surface area contributed by atoms with Crippen LogP contribution in [0.4, 0.5) is 10.5 Å². The van der Waals surface area contributed by atoms with Crippen LogP contribution < -0.4 is 5.01 Å². The highest BCUT2D eigenvalue weighted by Crippen LogP contribution is 2.15. The molecule has 0 saturated heterocycles. The van der Waals surface area contributed by atoms with Crippen molar-refractivity contribution in [2.24, 2.45) is 0 Å². The van der Waals surface area contributed by atoms with E-state index in [4.69, 9.17) is 0 Å². The Bertz CT molecular complexity index is 378. The summed E-state index contributed by atoms with van der Waals surface area (Å²) in [5.41, 5.74) is 0.614. The molecule has 0 aliphatic heterocycles. The molecule has 0 bridgehead atoms. The van der Waals surface area contributed by atoms with Crippen LogP contribution >= 0.6 is 0 Å². The molecule has 1 rings (SSSR count). The summed E-state index contributed by atoms with van der Waals surface area (Å²) in [6.45, 7) is 1.38. The lowest BCUT2D eigenvalue weighted by atomic mass is 10.3. The average molecular weight is 222 g/mol. The quantitative estimate of drug-likeness (QED) is 0.679. The fraction of sp³-hybridized carbons (Fsp3) is 0.273. The maximum absolute atomic E-state index is 11.5. The number of carbonyl (C=O) groups excluding carboxylic acids is 2. The molecule has 0 N–H and O–H groups in total. The Kier molecular flexibility index (Phi) is 3.88. The first-order valence-electron chi connectivity index (χ1n) is 4.75. The minimum atomic E-state index is -0.598. The van der Waals surface area contributed by atoms with E-state index in [9.17, 15) is 9.59 Å². The third kappa shape index (κ3) is 2.50. The fourth-order valence-electron chi connectivity index (χ4n) is 1.35. The highest BCUT2D eigenvalue weighted by atomic mass is 16.5. The summed E-state index contributed by atoms with van der Waals surface area (Å²) in [5.74, 6) is -0.265. The third-order valence-electron chi connectivity index (χ3n) is 2.04. The van der Waals surface area contributed by atoms with Gasteiger partial charge < -0.3 is 4.74 Å². The SMILES string of the molecule is COC(=O)N(C)N(C(C)=O)c1ccccc1. The molecular weight excluding hydrogens is 208 g/mol. The molecule has 5 heteroatoms. The van der Waals surface area contributed by atoms with Gasteiger partial charge in [-0.2, -0.15) is 0 Å². The molecule has 1 aromatic carbocycles. The first-order chi connectivity index (χ1) is 7.57. The Morgan fingerprint density at radius 3 is 2.19 bits per heavy atom. The Hall–Kier alpha value is -2.04. The maximum atomic E-state index is 11.5. The summed E-state index contributed by atoms with van der Waals surface area (Å²) in [7, 11) is 2.74. The number of methoxy groups -OCH3 is 1. The van der Waals surface area contributed by atoms with Crippen molar-refractivity contribution in [3.8, 4) is 0 Å². The van der Waals surface area contributed by atoms with Gasteiger partial charge in [0.2, 0.25) is 5.91 Å². The predicted octanol–water partition coefficient (Wildman–Crippen LogP) is 1.65. The van der Waals surface area contributed by atoms with E-state index in [1.807, 2.05) is 6.07 Å². The lowest BCUT2D eigenvalue weighted by Gasteiger charge is -2.29. The lowest BCUT2D eigenvalue weighted by molar-refractivity contribution is -0.118. The molecule has 0 radical (unpaired) electrons. The first-order valence-corrected chi connectivity index (χ1v) is 4.75. The fourth-order valence-corrected chi connectivity index (χ4v) is 1.35. The average Bonchev–Trinajstić information content (AvgIpc) is 2.29. The van der Waals surface area contributed by atoms with Crippen LogP contribution in [-0.4, -0.2) is 31.2 Å². The monoisotopic (exact) mass is 222 g/mol. The number of carbonyl (C=O) groups is 2. The van der Waals surface area contributed by atoms with E-state index >= 15 is 0 Å². The Morgan fingerprint density at radius 2 is 1.75 bits per heavy atom. The van der Waals surface area contributed by atoms with Gasteiger partial charge in [0.05, 0.1) is 12.8 Å². The molecular formula is C11H14N2O3. The van der Waals surface area contributed by atoms with Crippen LogP contribution in [0.5, 0.6) is 0 Å². The summed E-state index contributed by atoms with van der Waals surface area (Å²) < 4.78 is 4.56. The van der Waals surface area contributed by atoms with E-state index in [1.165, 1.54) is 26.1 Å². The molecule has 0 aliphatic carbocycles. The zero-order valence-corrected chi connectivity index (χ0v) is 9.51. The van der Waals surface area contributed by atoms with Crippen LogP contribution in [0.3, 0.4) is 0 Å². The zero-order valence-electron chi connectivity index (χ0n) is 9.51. The molecule has 1 aromatic rings. The van der Waals surface area contributed by atoms with Crippen molar-refractivity contribution in [3.05, 3.63) is 30.3 Å². The molecule has 0 heterocycles. The Labute approximate surface area is 94.2 Å². The number of hydrazine groups is 1. The van der Waals surface area contributed by atoms with Crippen LogP contribution in [-0.2, 0) is 9.53 Å². The second-order valence-electron chi connectivity index (χ2n) is 3.16. The number of ether oxygens (including phenoxy) is 1. The summed E-state index contributed by atoms with van der Waals surface area (Å²) in [6, 6.07) is 8.88. The highest BCUT2D eigenvalue weighted by molar-refractivity contribution is 5.93. The van der Waals surface area contributed by atoms with Crippen molar-refractivity contribution in [2.75, 3.05) is 19.2 Å². The third-order valence-corrected chi connectivity index (χ3v) is 2.04. The number of benzene rings is 1. The van der Waals surface area contributed by atoms with E-state index in [0.29, 0.717) is 5.69 Å². The molecule has 0 aromatic heterocycles. The van der Waals surface area contributed by atoms with E-state index < -0.39 is 6.09 Å². The van der Waals surface area contributed by atoms with Crippen LogP contribution in [0.1, 0.15) is 6.92 Å². The molecule has 86 valence electrons. The number of hydrogen-bond donors (Lipinski definition) is 0. The number of rotatable bonds is 1. The largest absolute Gasteiger partial charge is 0.452 e. The van der Waals surface area contributed by atoms with Gasteiger partial charge in [-0.25, -0.2) is 14.8 Å². The number of hydrogen-bond acceptors (Lipinski definition) is 3. The van der Waals surface area contributed by atoms with Crippen molar-refractivity contribution in [3.63, 3.8) is 0 Å². The molecule has 0 atom stereocenters. The van der Waals surface area contributed by atoms with Crippen LogP contribution in [0, 0.1) is 0 Å². The molecule has 0 fully saturated rings. The lowest BCUT2D eigenvalue weighted by Crippen LogP contribution is -2.46. The molecule has 0 aliphatic rings. The van der Waals surface area contributed by atoms with E-state index in [2.05, 4.69) is 4.74 Å². The van der Waals surface area contributed by atoms with Crippen molar-refractivity contribution < 1.29 is 14.3 Å². The number of nitrogens with zero attached hydrogens (tertiary/aromatic N) is 2. The Balaban J connectivity index is 3.01. The second kappa shape index (κ2) is 5.16. The molecule has 16 heavy (non-hydrogen) atoms. The molecule has 0 spiro atoms. The van der Waals surface area contributed by atoms with Gasteiger partial charge >= 0.3 is 6.09 Å². The smallest absolute Gasteiger partial charge is 0.428 e. The van der Waals surface area contributed by atoms with Gasteiger partial charge in [0.1, 0.15) is 0 Å². The predicted molar refractivity (Wildman–Crippen MR) is 59.8 cm³/mol. The Morgan fingerprint density at radius 1 is 1.19 bits per heavy atom. The van der Waals surface area contributed by atoms with Crippen molar-refractivity contribution in [1.29, 1.82) is 0 Å². The van der Waals surface area contributed by atoms with Crippen LogP contribution in [0.2, 0.25) is 0 Å². The topological polar surface area (TPSA) is 49.9 Å². The molecule has 5 nitrogen and oxygen atoms in total. The number of anilines is 1. The summed E-state index contributed by atoms with van der Waals surface area (Å²) in [4.78, 5) is 22.8. The van der Waals surface area contributed by atoms with Gasteiger partial charge in [0.15, 0.2) is 0 Å². The normalized spacial score (nSPS) is 9.44. The van der Waals surface area contributed by atoms with Crippen molar-refractivity contribution in [1.82, 2.24) is 5.01 Å². The van der Waals surface area contributed by atoms with Gasteiger partial charge in [0, 0.05) is 14.0 Å². The van der Waals surface area contributed by atoms with Gasteiger partial charge in [-0.15, -0.1) is 0 Å². The minimum absolute atomic E-state index is 0.265. The summed E-state index contributed by atoms with van der Waals surface area (Å²) >= 11 is 0. The van der Waals surface area contributed by atoms with Crippen molar-refractivity contribution >= 4 is 17.7 Å². The minimum Gasteiger partial charge on any atom is -0.452 e. The van der Waals surface area contributed by atoms with Gasteiger partial charge in [-0.05, 0) is 12.1 Å². The van der Waals surface area contributed by atoms with Gasteiger partial charge in [-0.1, -0.05) is 18.2 Å². The van der Waals surface area contributed by atoms with E-state index in [-0.39, 0.29) is 5.91 Å². The van der Waals surface area contributed by atoms with E-state index in [0.717, 1.165) is 5.01 Å². The van der Waals surface area contributed by atoms with Crippen molar-refractivity contribution in [2.45, 2.75) is 6.92 Å². The summed E-state index contributed by atoms with van der Waals surface area (Å²) in [5, 5.41) is 2.36. The zero-order chi connectivity index (χ0) is 12.1. The molecule has 0 unspecified atom stereocenters. The van der Waals surface area contributed by atoms with Gasteiger partial charge in [0.25, 0.3) is 0 Å². The summed E-state index contributed by atoms with van der Waals surface area (Å²) in [6.07, 6.45) is -0.598. The molecule has 2 amide bonds.